The zero-order chi connectivity index (χ0) is 12.1. The topological polar surface area (TPSA) is 60.2 Å². The zero-order valence-corrected chi connectivity index (χ0v) is 10.5. The smallest absolute Gasteiger partial charge is 0.124 e. The molecular weight excluding hydrogens is 234 g/mol. The van der Waals surface area contributed by atoms with Crippen molar-refractivity contribution in [1.82, 2.24) is 4.98 Å². The molecule has 0 aromatic carbocycles. The maximum atomic E-state index is 5.62. The third-order valence-electron chi connectivity index (χ3n) is 2.93. The minimum absolute atomic E-state index is 0.331. The molecule has 1 fully saturated rings. The van der Waals surface area contributed by atoms with E-state index in [1.165, 1.54) is 0 Å². The van der Waals surface area contributed by atoms with E-state index in [9.17, 15) is 0 Å². The van der Waals surface area contributed by atoms with Crippen molar-refractivity contribution in [2.45, 2.75) is 12.8 Å². The van der Waals surface area contributed by atoms with Gasteiger partial charge < -0.3 is 15.8 Å². The monoisotopic (exact) mass is 251 g/mol. The van der Waals surface area contributed by atoms with Crippen molar-refractivity contribution in [1.29, 1.82) is 0 Å². The van der Waals surface area contributed by atoms with E-state index in [1.807, 2.05) is 12.1 Å². The molecule has 0 spiro atoms. The lowest BCUT2D eigenvalue weighted by Crippen LogP contribution is -2.16. The maximum Gasteiger partial charge on any atom is 0.124 e. The molecule has 17 heavy (non-hydrogen) atoms. The molecule has 2 rings (SSSR count). The van der Waals surface area contributed by atoms with Gasteiger partial charge >= 0.3 is 0 Å². The summed E-state index contributed by atoms with van der Waals surface area (Å²) in [4.78, 5) is 4.51. The number of pyridine rings is 1. The van der Waals surface area contributed by atoms with E-state index < -0.39 is 0 Å². The third kappa shape index (κ3) is 3.38. The van der Waals surface area contributed by atoms with Crippen LogP contribution in [0.5, 0.6) is 0 Å². The minimum atomic E-state index is 0.331. The standard InChI is InChI=1S/C12H17N3OS/c13-12(17)11-10(2-1-5-15-11)14-6-3-9-4-7-16-8-9/h1-2,5,9,14H,3-4,6-8H2,(H2,13,17). The molecule has 0 radical (unpaired) electrons. The number of thiocarbonyl (C=S) groups is 1. The highest BCUT2D eigenvalue weighted by Crippen LogP contribution is 2.17. The highest BCUT2D eigenvalue weighted by atomic mass is 32.1. The van der Waals surface area contributed by atoms with Crippen molar-refractivity contribution in [2.75, 3.05) is 25.1 Å². The van der Waals surface area contributed by atoms with Gasteiger partial charge in [-0.15, -0.1) is 0 Å². The molecule has 1 aromatic rings. The van der Waals surface area contributed by atoms with Crippen LogP contribution in [0.1, 0.15) is 18.5 Å². The van der Waals surface area contributed by atoms with Crippen LogP contribution in [0, 0.1) is 5.92 Å². The SMILES string of the molecule is NC(=S)c1ncccc1NCCC1CCOC1. The van der Waals surface area contributed by atoms with E-state index in [0.29, 0.717) is 16.6 Å². The zero-order valence-electron chi connectivity index (χ0n) is 9.69. The summed E-state index contributed by atoms with van der Waals surface area (Å²) >= 11 is 4.96. The lowest BCUT2D eigenvalue weighted by Gasteiger charge is -2.12. The fraction of sp³-hybridized carbons (Fsp3) is 0.500. The first-order chi connectivity index (χ1) is 8.27. The van der Waals surface area contributed by atoms with Crippen molar-refractivity contribution in [3.05, 3.63) is 24.0 Å². The molecule has 1 saturated heterocycles. The number of anilines is 1. The molecule has 0 aliphatic carbocycles. The Hall–Kier alpha value is -1.20. The van der Waals surface area contributed by atoms with Gasteiger partial charge in [0.25, 0.3) is 0 Å². The molecule has 92 valence electrons. The summed E-state index contributed by atoms with van der Waals surface area (Å²) < 4.78 is 5.34. The molecule has 1 unspecified atom stereocenters. The molecular formula is C12H17N3OS. The second kappa shape index (κ2) is 5.93. The first-order valence-corrected chi connectivity index (χ1v) is 6.24. The van der Waals surface area contributed by atoms with Gasteiger partial charge in [-0.05, 0) is 30.9 Å². The minimum Gasteiger partial charge on any atom is -0.388 e. The van der Waals surface area contributed by atoms with Crippen molar-refractivity contribution in [2.24, 2.45) is 11.7 Å². The van der Waals surface area contributed by atoms with Gasteiger partial charge in [-0.3, -0.25) is 4.98 Å². The summed E-state index contributed by atoms with van der Waals surface area (Å²) in [5, 5.41) is 3.34. The number of nitrogens with zero attached hydrogens (tertiary/aromatic N) is 1. The normalized spacial score (nSPS) is 19.2. The summed E-state index contributed by atoms with van der Waals surface area (Å²) in [5.41, 5.74) is 7.20. The molecule has 0 saturated carbocycles. The van der Waals surface area contributed by atoms with Gasteiger partial charge in [0.05, 0.1) is 5.69 Å². The number of aromatic nitrogens is 1. The van der Waals surface area contributed by atoms with E-state index in [4.69, 9.17) is 22.7 Å². The molecule has 3 N–H and O–H groups in total. The largest absolute Gasteiger partial charge is 0.388 e. The van der Waals surface area contributed by atoms with Crippen LogP contribution < -0.4 is 11.1 Å². The molecule has 1 aliphatic rings. The summed E-state index contributed by atoms with van der Waals surface area (Å²) in [6.45, 7) is 2.68. The molecule has 0 amide bonds. The van der Waals surface area contributed by atoms with Gasteiger partial charge in [-0.25, -0.2) is 0 Å². The third-order valence-corrected chi connectivity index (χ3v) is 3.13. The van der Waals surface area contributed by atoms with Crippen LogP contribution in [0.25, 0.3) is 0 Å². The van der Waals surface area contributed by atoms with Gasteiger partial charge in [-0.1, -0.05) is 12.2 Å². The Balaban J connectivity index is 1.87. The molecule has 1 aromatic heterocycles. The van der Waals surface area contributed by atoms with Crippen molar-refractivity contribution >= 4 is 22.9 Å². The van der Waals surface area contributed by atoms with E-state index in [2.05, 4.69) is 10.3 Å². The second-order valence-electron chi connectivity index (χ2n) is 4.21. The molecule has 0 bridgehead atoms. The van der Waals surface area contributed by atoms with Crippen LogP contribution in [0.3, 0.4) is 0 Å². The molecule has 1 aliphatic heterocycles. The van der Waals surface area contributed by atoms with Gasteiger partial charge in [0.15, 0.2) is 0 Å². The number of ether oxygens (including phenoxy) is 1. The average molecular weight is 251 g/mol. The van der Waals surface area contributed by atoms with Crippen molar-refractivity contribution in [3.8, 4) is 0 Å². The maximum absolute atomic E-state index is 5.62. The highest BCUT2D eigenvalue weighted by Gasteiger charge is 2.15. The summed E-state index contributed by atoms with van der Waals surface area (Å²) in [7, 11) is 0. The Morgan fingerprint density at radius 3 is 3.24 bits per heavy atom. The number of nitrogens with one attached hydrogen (secondary N) is 1. The Bertz CT molecular complexity index is 391. The van der Waals surface area contributed by atoms with E-state index in [0.717, 1.165) is 38.3 Å². The number of rotatable bonds is 5. The van der Waals surface area contributed by atoms with Crippen molar-refractivity contribution < 1.29 is 4.74 Å². The second-order valence-corrected chi connectivity index (χ2v) is 4.65. The molecule has 1 atom stereocenters. The van der Waals surface area contributed by atoms with Crippen LogP contribution in [-0.2, 0) is 4.74 Å². The fourth-order valence-corrected chi connectivity index (χ4v) is 2.13. The summed E-state index contributed by atoms with van der Waals surface area (Å²) in [6, 6.07) is 3.83. The number of hydrogen-bond acceptors (Lipinski definition) is 4. The van der Waals surface area contributed by atoms with Gasteiger partial charge in [0, 0.05) is 26.0 Å². The van der Waals surface area contributed by atoms with Crippen LogP contribution >= 0.6 is 12.2 Å². The van der Waals surface area contributed by atoms with Crippen LogP contribution in [0.2, 0.25) is 0 Å². The highest BCUT2D eigenvalue weighted by molar-refractivity contribution is 7.80. The fourth-order valence-electron chi connectivity index (χ4n) is 1.97. The molecule has 5 heteroatoms. The lowest BCUT2D eigenvalue weighted by molar-refractivity contribution is 0.185. The predicted molar refractivity (Wildman–Crippen MR) is 72.2 cm³/mol. The summed E-state index contributed by atoms with van der Waals surface area (Å²) in [6.07, 6.45) is 3.97. The first kappa shape index (κ1) is 12.3. The predicted octanol–water partition coefficient (Wildman–Crippen LogP) is 1.55. The van der Waals surface area contributed by atoms with Gasteiger partial charge in [0.2, 0.25) is 0 Å². The first-order valence-electron chi connectivity index (χ1n) is 5.84. The van der Waals surface area contributed by atoms with Gasteiger partial charge in [0.1, 0.15) is 10.7 Å². The lowest BCUT2D eigenvalue weighted by atomic mass is 10.1. The molecule has 4 nitrogen and oxygen atoms in total. The average Bonchev–Trinajstić information content (AvgIpc) is 2.82. The Labute approximate surface area is 107 Å². The van der Waals surface area contributed by atoms with E-state index >= 15 is 0 Å². The number of hydrogen-bond donors (Lipinski definition) is 2. The summed E-state index contributed by atoms with van der Waals surface area (Å²) in [5.74, 6) is 0.674. The van der Waals surface area contributed by atoms with Crippen LogP contribution in [0.15, 0.2) is 18.3 Å². The molecule has 2 heterocycles. The Morgan fingerprint density at radius 1 is 1.65 bits per heavy atom. The van der Waals surface area contributed by atoms with E-state index in [1.54, 1.807) is 6.20 Å². The Morgan fingerprint density at radius 2 is 2.53 bits per heavy atom. The Kier molecular flexibility index (Phi) is 4.28. The van der Waals surface area contributed by atoms with Crippen LogP contribution in [-0.4, -0.2) is 29.7 Å². The van der Waals surface area contributed by atoms with Crippen LogP contribution in [0.4, 0.5) is 5.69 Å². The number of nitrogens with two attached hydrogens (primary N) is 1. The quantitative estimate of drug-likeness (QED) is 0.778. The van der Waals surface area contributed by atoms with E-state index in [-0.39, 0.29) is 0 Å². The van der Waals surface area contributed by atoms with Gasteiger partial charge in [-0.2, -0.15) is 0 Å². The van der Waals surface area contributed by atoms with Crippen molar-refractivity contribution in [3.63, 3.8) is 0 Å².